The van der Waals surface area contributed by atoms with Crippen molar-refractivity contribution in [2.75, 3.05) is 18.4 Å². The number of aromatic nitrogens is 3. The third-order valence-electron chi connectivity index (χ3n) is 5.38. The molecule has 0 amide bonds. The lowest BCUT2D eigenvalue weighted by Crippen LogP contribution is -2.39. The van der Waals surface area contributed by atoms with Crippen molar-refractivity contribution in [3.63, 3.8) is 0 Å². The minimum Gasteiger partial charge on any atom is -0.367 e. The van der Waals surface area contributed by atoms with Crippen LogP contribution in [0.5, 0.6) is 0 Å². The van der Waals surface area contributed by atoms with Crippen molar-refractivity contribution >= 4 is 5.82 Å². The molecule has 2 aliphatic rings. The van der Waals surface area contributed by atoms with E-state index < -0.39 is 0 Å². The number of anilines is 1. The average molecular weight is 338 g/mol. The van der Waals surface area contributed by atoms with Gasteiger partial charge >= 0.3 is 0 Å². The number of nitrogens with two attached hydrogens (primary N) is 1. The van der Waals surface area contributed by atoms with E-state index in [0.29, 0.717) is 18.0 Å². The second-order valence-corrected chi connectivity index (χ2v) is 7.31. The highest BCUT2D eigenvalue weighted by atomic mass is 15.1. The first-order valence-corrected chi connectivity index (χ1v) is 9.21. The molecular weight excluding hydrogens is 312 g/mol. The predicted octanol–water partition coefficient (Wildman–Crippen LogP) is 2.15. The SMILES string of the molecule is NC1CC(c2cc(NC3CCN(Cc4ccncc4)CC3)ncn2)C1. The lowest BCUT2D eigenvalue weighted by molar-refractivity contribution is 0.211. The Bertz CT molecular complexity index is 677. The molecule has 1 saturated carbocycles. The quantitative estimate of drug-likeness (QED) is 0.869. The molecule has 2 aromatic rings. The van der Waals surface area contributed by atoms with Crippen molar-refractivity contribution < 1.29 is 0 Å². The average Bonchev–Trinajstić information content (AvgIpc) is 2.62. The molecule has 0 atom stereocenters. The highest BCUT2D eigenvalue weighted by Crippen LogP contribution is 2.35. The largest absolute Gasteiger partial charge is 0.367 e. The van der Waals surface area contributed by atoms with E-state index in [1.807, 2.05) is 12.4 Å². The summed E-state index contributed by atoms with van der Waals surface area (Å²) in [6.45, 7) is 3.22. The van der Waals surface area contributed by atoms with Crippen LogP contribution in [0.3, 0.4) is 0 Å². The lowest BCUT2D eigenvalue weighted by Gasteiger charge is -2.33. The summed E-state index contributed by atoms with van der Waals surface area (Å²) in [6, 6.07) is 7.14. The number of nitrogens with one attached hydrogen (secondary N) is 1. The van der Waals surface area contributed by atoms with Gasteiger partial charge in [0.1, 0.15) is 12.1 Å². The van der Waals surface area contributed by atoms with Gasteiger partial charge in [0.2, 0.25) is 0 Å². The van der Waals surface area contributed by atoms with Crippen LogP contribution in [0.25, 0.3) is 0 Å². The zero-order valence-electron chi connectivity index (χ0n) is 14.5. The number of hydrogen-bond acceptors (Lipinski definition) is 6. The van der Waals surface area contributed by atoms with Gasteiger partial charge in [0, 0.05) is 61.8 Å². The first kappa shape index (κ1) is 16.4. The van der Waals surface area contributed by atoms with Crippen molar-refractivity contribution in [3.8, 4) is 0 Å². The summed E-state index contributed by atoms with van der Waals surface area (Å²) in [4.78, 5) is 15.4. The van der Waals surface area contributed by atoms with Gasteiger partial charge in [-0.05, 0) is 43.4 Å². The number of likely N-dealkylation sites (tertiary alicyclic amines) is 1. The third kappa shape index (κ3) is 4.14. The molecule has 2 fully saturated rings. The van der Waals surface area contributed by atoms with Gasteiger partial charge in [-0.1, -0.05) is 0 Å². The van der Waals surface area contributed by atoms with Crippen LogP contribution in [0.15, 0.2) is 36.9 Å². The summed E-state index contributed by atoms with van der Waals surface area (Å²) in [5.74, 6) is 1.47. The van der Waals surface area contributed by atoms with Gasteiger partial charge in [0.05, 0.1) is 0 Å². The molecule has 4 rings (SSSR count). The summed E-state index contributed by atoms with van der Waals surface area (Å²) >= 11 is 0. The van der Waals surface area contributed by atoms with E-state index in [-0.39, 0.29) is 0 Å². The molecule has 3 heterocycles. The Morgan fingerprint density at radius 2 is 1.88 bits per heavy atom. The van der Waals surface area contributed by atoms with E-state index in [1.54, 1.807) is 6.33 Å². The fraction of sp³-hybridized carbons (Fsp3) is 0.526. The smallest absolute Gasteiger partial charge is 0.129 e. The first-order valence-electron chi connectivity index (χ1n) is 9.21. The minimum absolute atomic E-state index is 0.348. The monoisotopic (exact) mass is 338 g/mol. The van der Waals surface area contributed by atoms with Gasteiger partial charge in [0.15, 0.2) is 0 Å². The topological polar surface area (TPSA) is 80.0 Å². The van der Waals surface area contributed by atoms with Gasteiger partial charge in [-0.2, -0.15) is 0 Å². The maximum absolute atomic E-state index is 5.89. The van der Waals surface area contributed by atoms with E-state index in [9.17, 15) is 0 Å². The van der Waals surface area contributed by atoms with Crippen LogP contribution in [-0.4, -0.2) is 45.0 Å². The summed E-state index contributed by atoms with van der Waals surface area (Å²) in [7, 11) is 0. The van der Waals surface area contributed by atoms with Gasteiger partial charge in [0.25, 0.3) is 0 Å². The van der Waals surface area contributed by atoms with Gasteiger partial charge < -0.3 is 11.1 Å². The summed E-state index contributed by atoms with van der Waals surface area (Å²) in [6.07, 6.45) is 9.78. The highest BCUT2D eigenvalue weighted by molar-refractivity contribution is 5.37. The molecule has 1 aliphatic heterocycles. The van der Waals surface area contributed by atoms with Crippen LogP contribution in [0, 0.1) is 0 Å². The Morgan fingerprint density at radius 1 is 1.12 bits per heavy atom. The Hall–Kier alpha value is -2.05. The molecule has 132 valence electrons. The molecule has 0 bridgehead atoms. The molecule has 1 aliphatic carbocycles. The molecule has 25 heavy (non-hydrogen) atoms. The van der Waals surface area contributed by atoms with E-state index in [0.717, 1.165) is 56.8 Å². The molecule has 0 spiro atoms. The fourth-order valence-electron chi connectivity index (χ4n) is 3.77. The van der Waals surface area contributed by atoms with Crippen molar-refractivity contribution in [2.24, 2.45) is 5.73 Å². The van der Waals surface area contributed by atoms with E-state index in [1.165, 1.54) is 5.56 Å². The lowest BCUT2D eigenvalue weighted by atomic mass is 9.78. The Morgan fingerprint density at radius 3 is 2.60 bits per heavy atom. The molecular formula is C19H26N6. The second kappa shape index (κ2) is 7.45. The Labute approximate surface area is 148 Å². The number of hydrogen-bond donors (Lipinski definition) is 2. The number of piperidine rings is 1. The van der Waals surface area contributed by atoms with Crippen molar-refractivity contribution in [2.45, 2.75) is 50.2 Å². The molecule has 0 aromatic carbocycles. The number of nitrogens with zero attached hydrogens (tertiary/aromatic N) is 4. The number of pyridine rings is 1. The van der Waals surface area contributed by atoms with E-state index in [4.69, 9.17) is 5.73 Å². The zero-order chi connectivity index (χ0) is 17.1. The Kier molecular flexibility index (Phi) is 4.90. The molecule has 0 radical (unpaired) electrons. The predicted molar refractivity (Wildman–Crippen MR) is 98.1 cm³/mol. The maximum Gasteiger partial charge on any atom is 0.129 e. The highest BCUT2D eigenvalue weighted by Gasteiger charge is 2.28. The van der Waals surface area contributed by atoms with Gasteiger partial charge in [-0.15, -0.1) is 0 Å². The fourth-order valence-corrected chi connectivity index (χ4v) is 3.77. The zero-order valence-corrected chi connectivity index (χ0v) is 14.5. The maximum atomic E-state index is 5.89. The second-order valence-electron chi connectivity index (χ2n) is 7.31. The first-order chi connectivity index (χ1) is 12.3. The van der Waals surface area contributed by atoms with Gasteiger partial charge in [-0.25, -0.2) is 9.97 Å². The molecule has 0 unspecified atom stereocenters. The molecule has 1 saturated heterocycles. The standard InChI is InChI=1S/C19H26N6/c20-16-9-15(10-16)18-11-19(23-13-22-18)24-17-3-7-25(8-4-17)12-14-1-5-21-6-2-14/h1-2,5-6,11,13,15-17H,3-4,7-10,12,20H2,(H,22,23,24). The molecule has 2 aromatic heterocycles. The van der Waals surface area contributed by atoms with Crippen LogP contribution < -0.4 is 11.1 Å². The molecule has 6 nitrogen and oxygen atoms in total. The summed E-state index contributed by atoms with van der Waals surface area (Å²) in [5, 5.41) is 3.60. The van der Waals surface area contributed by atoms with E-state index >= 15 is 0 Å². The van der Waals surface area contributed by atoms with Crippen LogP contribution in [0.1, 0.15) is 42.9 Å². The van der Waals surface area contributed by atoms with E-state index in [2.05, 4.69) is 43.4 Å². The normalized spacial score (nSPS) is 24.7. The molecule has 3 N–H and O–H groups in total. The summed E-state index contributed by atoms with van der Waals surface area (Å²) in [5.41, 5.74) is 8.36. The minimum atomic E-state index is 0.348. The number of rotatable bonds is 5. The Balaban J connectivity index is 1.28. The third-order valence-corrected chi connectivity index (χ3v) is 5.38. The van der Waals surface area contributed by atoms with Crippen LogP contribution >= 0.6 is 0 Å². The van der Waals surface area contributed by atoms with Crippen LogP contribution in [-0.2, 0) is 6.54 Å². The molecule has 6 heteroatoms. The summed E-state index contributed by atoms with van der Waals surface area (Å²) < 4.78 is 0. The van der Waals surface area contributed by atoms with Gasteiger partial charge in [-0.3, -0.25) is 9.88 Å². The van der Waals surface area contributed by atoms with Crippen molar-refractivity contribution in [1.82, 2.24) is 19.9 Å². The van der Waals surface area contributed by atoms with Crippen molar-refractivity contribution in [1.29, 1.82) is 0 Å². The van der Waals surface area contributed by atoms with Crippen LogP contribution in [0.4, 0.5) is 5.82 Å². The van der Waals surface area contributed by atoms with Crippen molar-refractivity contribution in [3.05, 3.63) is 48.2 Å². The van der Waals surface area contributed by atoms with Crippen LogP contribution in [0.2, 0.25) is 0 Å².